The SMILES string of the molecule is CCCCCCc1ccsc1C1=CC[N-]C(/C([NH-])=C/C(=N)C(F)(F)F)=C1.O=C(O)c1ccnc(-c2cc(C(=O)O)cc(C3C=C(N(c4ccccc4)c4ccccc4)N=C[N-]3)n2)c1.[N-]=C=S.[Ru+4]. The van der Waals surface area contributed by atoms with Crippen molar-refractivity contribution >= 4 is 69.7 Å². The molecule has 2 aliphatic rings. The van der Waals surface area contributed by atoms with E-state index in [1.807, 2.05) is 77.0 Å². The first-order valence-corrected chi connectivity index (χ1v) is 21.6. The van der Waals surface area contributed by atoms with Gasteiger partial charge in [-0.15, -0.1) is 17.9 Å². The van der Waals surface area contributed by atoms with E-state index in [1.54, 1.807) is 23.5 Å². The van der Waals surface area contributed by atoms with Crippen molar-refractivity contribution in [3.8, 4) is 11.4 Å². The number of anilines is 2. The van der Waals surface area contributed by atoms with Gasteiger partial charge in [0.25, 0.3) is 0 Å². The zero-order valence-electron chi connectivity index (χ0n) is 35.7. The molecule has 0 amide bonds. The number of nitrogens with one attached hydrogen (secondary N) is 2. The van der Waals surface area contributed by atoms with E-state index in [-0.39, 0.29) is 53.4 Å². The van der Waals surface area contributed by atoms with Crippen LogP contribution in [0, 0.1) is 5.41 Å². The summed E-state index contributed by atoms with van der Waals surface area (Å²) >= 11 is 5.29. The van der Waals surface area contributed by atoms with Crippen LogP contribution in [0.1, 0.15) is 75.5 Å². The molecule has 7 rings (SSSR count). The average molecular weight is 1030 g/mol. The summed E-state index contributed by atoms with van der Waals surface area (Å²) in [5, 5.41) is 45.1. The molecule has 5 heterocycles. The third-order valence-corrected chi connectivity index (χ3v) is 10.7. The number of carboxylic acids is 2. The smallest absolute Gasteiger partial charge is 0.753 e. The van der Waals surface area contributed by atoms with Crippen molar-refractivity contribution in [3.63, 3.8) is 0 Å². The molecule has 4 N–H and O–H groups in total. The quantitative estimate of drug-likeness (QED) is 0.0396. The number of aliphatic imine (C=N–C) groups is 1. The molecule has 1 atom stereocenters. The maximum Gasteiger partial charge on any atom is 4.00 e. The predicted octanol–water partition coefficient (Wildman–Crippen LogP) is 13.4. The van der Waals surface area contributed by atoms with Crippen molar-refractivity contribution in [2.75, 3.05) is 11.4 Å². The molecule has 344 valence electrons. The van der Waals surface area contributed by atoms with Crippen molar-refractivity contribution in [3.05, 3.63) is 193 Å². The number of benzene rings is 2. The fourth-order valence-electron chi connectivity index (χ4n) is 6.56. The van der Waals surface area contributed by atoms with Crippen LogP contribution in [0.2, 0.25) is 0 Å². The number of aromatic nitrogens is 2. The molecule has 0 saturated heterocycles. The minimum absolute atomic E-state index is 0. The van der Waals surface area contributed by atoms with Crippen molar-refractivity contribution in [1.82, 2.24) is 9.97 Å². The van der Waals surface area contributed by atoms with E-state index >= 15 is 0 Å². The number of carbonyl (C=O) groups is 2. The van der Waals surface area contributed by atoms with Gasteiger partial charge in [0.15, 0.2) is 0 Å². The molecule has 2 aliphatic heterocycles. The Morgan fingerprint density at radius 2 is 1.63 bits per heavy atom. The maximum absolute atomic E-state index is 12.5. The molecule has 5 aromatic rings. The Bertz CT molecular complexity index is 2660. The van der Waals surface area contributed by atoms with Crippen LogP contribution in [-0.2, 0) is 25.9 Å². The number of para-hydroxylation sites is 2. The summed E-state index contributed by atoms with van der Waals surface area (Å²) in [4.78, 5) is 39.7. The second-order valence-corrected chi connectivity index (χ2v) is 15.4. The van der Waals surface area contributed by atoms with Crippen molar-refractivity contribution < 1.29 is 52.5 Å². The van der Waals surface area contributed by atoms with Gasteiger partial charge in [-0.25, -0.2) is 9.59 Å². The van der Waals surface area contributed by atoms with Gasteiger partial charge in [-0.3, -0.25) is 15.4 Å². The van der Waals surface area contributed by atoms with Gasteiger partial charge in [0.05, 0.1) is 22.5 Å². The minimum atomic E-state index is -4.75. The van der Waals surface area contributed by atoms with E-state index in [1.165, 1.54) is 66.8 Å². The number of rotatable bonds is 15. The van der Waals surface area contributed by atoms with Crippen LogP contribution < -0.4 is 4.90 Å². The van der Waals surface area contributed by atoms with E-state index in [9.17, 15) is 33.0 Å². The molecule has 13 nitrogen and oxygen atoms in total. The van der Waals surface area contributed by atoms with Crippen LogP contribution in [0.4, 0.5) is 24.5 Å². The largest absolute Gasteiger partial charge is 4.00 e. The number of aryl methyl sites for hydroxylation is 1. The molecule has 2 aromatic carbocycles. The second kappa shape index (κ2) is 25.7. The number of unbranched alkanes of at least 4 members (excludes halogenated alkanes) is 3. The predicted molar refractivity (Wildman–Crippen MR) is 258 cm³/mol. The number of aromatic carboxylic acids is 2. The van der Waals surface area contributed by atoms with Crippen LogP contribution in [0.3, 0.4) is 0 Å². The summed E-state index contributed by atoms with van der Waals surface area (Å²) in [7, 11) is 0. The van der Waals surface area contributed by atoms with Gasteiger partial charge in [-0.05, 0) is 90.0 Å². The summed E-state index contributed by atoms with van der Waals surface area (Å²) in [6.07, 6.45) is 9.57. The summed E-state index contributed by atoms with van der Waals surface area (Å²) in [6, 6.07) is 26.4. The second-order valence-electron chi connectivity index (χ2n) is 14.3. The Balaban J connectivity index is 0.000000288. The number of thiophene rings is 1. The number of nitrogens with zero attached hydrogens (tertiary/aromatic N) is 7. The number of halogens is 3. The van der Waals surface area contributed by atoms with Crippen LogP contribution in [0.5, 0.6) is 0 Å². The maximum atomic E-state index is 12.5. The van der Waals surface area contributed by atoms with Crippen molar-refractivity contribution in [1.29, 1.82) is 5.41 Å². The fourth-order valence-corrected chi connectivity index (χ4v) is 7.53. The van der Waals surface area contributed by atoms with E-state index in [2.05, 4.69) is 50.8 Å². The summed E-state index contributed by atoms with van der Waals surface area (Å²) in [5.74, 6) is -1.68. The zero-order chi connectivity index (χ0) is 47.6. The number of carboxylic acid groups (broad SMARTS) is 2. The molecule has 0 bridgehead atoms. The van der Waals surface area contributed by atoms with Gasteiger partial charge in [-0.2, -0.15) is 29.7 Å². The number of hydrogen-bond acceptors (Lipinski definition) is 9. The summed E-state index contributed by atoms with van der Waals surface area (Å²) in [6.45, 7) is 2.49. The molecule has 0 spiro atoms. The number of alkyl halides is 3. The van der Waals surface area contributed by atoms with Crippen molar-refractivity contribution in [2.45, 2.75) is 51.2 Å². The number of isothiocyanates is 1. The van der Waals surface area contributed by atoms with Gasteiger partial charge < -0.3 is 41.9 Å². The monoisotopic (exact) mass is 1030 g/mol. The molecule has 1 unspecified atom stereocenters. The van der Waals surface area contributed by atoms with Crippen LogP contribution in [0.25, 0.3) is 38.7 Å². The van der Waals surface area contributed by atoms with Crippen LogP contribution in [-0.4, -0.2) is 62.1 Å². The first kappa shape index (κ1) is 52.7. The molecule has 0 aliphatic carbocycles. The minimum Gasteiger partial charge on any atom is -0.753 e. The van der Waals surface area contributed by atoms with Gasteiger partial charge in [-0.1, -0.05) is 99.4 Å². The Kier molecular flexibility index (Phi) is 20.2. The number of hydrogen-bond donors (Lipinski definition) is 3. The van der Waals surface area contributed by atoms with E-state index < -0.39 is 29.9 Å². The van der Waals surface area contributed by atoms with Gasteiger partial charge in [0, 0.05) is 40.0 Å². The third kappa shape index (κ3) is 15.1. The number of allylic oxidation sites excluding steroid dienone is 3. The topological polar surface area (TPSA) is 214 Å². The Labute approximate surface area is 407 Å². The number of thiocarbonyl (C=S) groups is 1. The van der Waals surface area contributed by atoms with E-state index in [4.69, 9.17) is 16.6 Å². The normalized spacial score (nSPS) is 14.0. The van der Waals surface area contributed by atoms with E-state index in [0.29, 0.717) is 24.1 Å². The molecule has 3 aromatic heterocycles. The van der Waals surface area contributed by atoms with Crippen molar-refractivity contribution in [2.24, 2.45) is 4.99 Å². The molecule has 0 radical (unpaired) electrons. The number of pyridine rings is 2. The Morgan fingerprint density at radius 1 is 0.985 bits per heavy atom. The molecular formula is C48H42F3N9O4RuS2. The first-order valence-electron chi connectivity index (χ1n) is 20.3. The van der Waals surface area contributed by atoms with Gasteiger partial charge in [0.1, 0.15) is 5.71 Å². The first-order chi connectivity index (χ1) is 31.7. The Morgan fingerprint density at radius 3 is 2.24 bits per heavy atom. The standard InChI is InChI=1S/C28H21N5O4.C19H22F3N3S.CNS.Ru/c34-27(35)18-11-12-29-22(13-18)24-14-19(28(36)37)15-25(32-24)23-16-26(31-17-30-23)33(20-7-3-1-4-8-20)21-9-5-2-6-10-21;1-2-3-4-5-6-13-8-10-26-18(13)14-7-9-25-16(11-14)15(23)12-17(24)19(20,21)22;2-1-3;/h1-17,23H,(H3,30,31,34,35,36,37);7-8,10-12,23-24H,2-6,9H2,1H3;;/q;-2;-1;+4/p-1/b;15-12-,24-17?;;. The average Bonchev–Trinajstić information content (AvgIpc) is 3.80. The Hall–Kier alpha value is -6.91. The zero-order valence-corrected chi connectivity index (χ0v) is 39.0. The van der Waals surface area contributed by atoms with E-state index in [0.717, 1.165) is 34.7 Å². The molecule has 0 saturated carbocycles. The molecular weight excluding hydrogens is 989 g/mol. The van der Waals surface area contributed by atoms with Crippen LogP contribution in [0.15, 0.2) is 149 Å². The molecule has 67 heavy (non-hydrogen) atoms. The van der Waals surface area contributed by atoms with Gasteiger partial charge >= 0.3 is 37.6 Å². The summed E-state index contributed by atoms with van der Waals surface area (Å²) < 4.78 is 37.5. The molecule has 0 fully saturated rings. The molecule has 19 heteroatoms. The fraction of sp³-hybridized carbons (Fsp3) is 0.188. The third-order valence-electron chi connectivity index (χ3n) is 9.69. The van der Waals surface area contributed by atoms with Crippen LogP contribution >= 0.6 is 23.6 Å². The summed E-state index contributed by atoms with van der Waals surface area (Å²) in [5.41, 5.74) is 10.8. The van der Waals surface area contributed by atoms with Gasteiger partial charge in [0.2, 0.25) is 0 Å².